The summed E-state index contributed by atoms with van der Waals surface area (Å²) in [6.45, 7) is -0.169. The van der Waals surface area contributed by atoms with Gasteiger partial charge in [0.1, 0.15) is 0 Å². The Morgan fingerprint density at radius 3 is 2.75 bits per heavy atom. The van der Waals surface area contributed by atoms with E-state index in [0.29, 0.717) is 0 Å². The second-order valence-corrected chi connectivity index (χ2v) is 2.27. The van der Waals surface area contributed by atoms with E-state index in [-0.39, 0.29) is 31.2 Å². The molecule has 0 radical (unpaired) electrons. The fraction of sp³-hybridized carbons (Fsp3) is 0.500. The standard InChI is InChI=1S/C6H8N2O4/c9-2-1-8-5(10)3-4(7-8)6(11)12/h9H,1-3H2,(H,11,12). The number of rotatable bonds is 3. The van der Waals surface area contributed by atoms with Crippen LogP contribution in [0.25, 0.3) is 0 Å². The van der Waals surface area contributed by atoms with Crippen LogP contribution in [0.2, 0.25) is 0 Å². The first kappa shape index (κ1) is 8.66. The summed E-state index contributed by atoms with van der Waals surface area (Å²) in [6.07, 6.45) is -0.185. The van der Waals surface area contributed by atoms with E-state index >= 15 is 0 Å². The number of aliphatic carboxylic acids is 1. The zero-order valence-electron chi connectivity index (χ0n) is 6.23. The van der Waals surface area contributed by atoms with E-state index < -0.39 is 5.97 Å². The number of carboxylic acids is 1. The van der Waals surface area contributed by atoms with Crippen molar-refractivity contribution < 1.29 is 19.8 Å². The predicted molar refractivity (Wildman–Crippen MR) is 38.5 cm³/mol. The van der Waals surface area contributed by atoms with Gasteiger partial charge in [0.15, 0.2) is 5.71 Å². The highest BCUT2D eigenvalue weighted by atomic mass is 16.4. The molecule has 0 unspecified atom stereocenters. The SMILES string of the molecule is O=C(O)C1=NN(CCO)C(=O)C1. The molecule has 1 amide bonds. The van der Waals surface area contributed by atoms with Crippen LogP contribution in [0, 0.1) is 0 Å². The zero-order chi connectivity index (χ0) is 9.14. The quantitative estimate of drug-likeness (QED) is 0.550. The molecule has 0 bridgehead atoms. The number of carbonyl (C=O) groups is 2. The van der Waals surface area contributed by atoms with Crippen LogP contribution in [0.3, 0.4) is 0 Å². The number of β-amino-alcohol motifs (C(OH)–C–C–N with tert-alkyl or cyclic N) is 1. The molecule has 0 spiro atoms. The van der Waals surface area contributed by atoms with E-state index in [9.17, 15) is 9.59 Å². The Bertz CT molecular complexity index is 248. The van der Waals surface area contributed by atoms with Gasteiger partial charge in [-0.25, -0.2) is 9.80 Å². The van der Waals surface area contributed by atoms with Gasteiger partial charge in [0.05, 0.1) is 19.6 Å². The van der Waals surface area contributed by atoms with Crippen molar-refractivity contribution >= 4 is 17.6 Å². The molecule has 1 rings (SSSR count). The largest absolute Gasteiger partial charge is 0.477 e. The molecule has 0 saturated heterocycles. The minimum absolute atomic E-state index is 0.0512. The Balaban J connectivity index is 2.66. The molecular formula is C6H8N2O4. The van der Waals surface area contributed by atoms with E-state index in [4.69, 9.17) is 10.2 Å². The van der Waals surface area contributed by atoms with Crippen LogP contribution in [0.15, 0.2) is 5.10 Å². The van der Waals surface area contributed by atoms with Crippen LogP contribution < -0.4 is 0 Å². The fourth-order valence-corrected chi connectivity index (χ4v) is 0.859. The van der Waals surface area contributed by atoms with Crippen LogP contribution in [0.4, 0.5) is 0 Å². The lowest BCUT2D eigenvalue weighted by Gasteiger charge is -2.07. The highest BCUT2D eigenvalue weighted by Gasteiger charge is 2.27. The Morgan fingerprint density at radius 2 is 2.33 bits per heavy atom. The van der Waals surface area contributed by atoms with Crippen LogP contribution in [0.1, 0.15) is 6.42 Å². The van der Waals surface area contributed by atoms with E-state index in [1.54, 1.807) is 0 Å². The van der Waals surface area contributed by atoms with Gasteiger partial charge >= 0.3 is 5.97 Å². The average Bonchev–Trinajstić information content (AvgIpc) is 2.34. The highest BCUT2D eigenvalue weighted by molar-refractivity contribution is 6.40. The summed E-state index contributed by atoms with van der Waals surface area (Å²) in [5, 5.41) is 21.4. The molecule has 1 aliphatic rings. The summed E-state index contributed by atoms with van der Waals surface area (Å²) in [5.74, 6) is -1.58. The van der Waals surface area contributed by atoms with Crippen LogP contribution in [0.5, 0.6) is 0 Å². The zero-order valence-corrected chi connectivity index (χ0v) is 6.23. The normalized spacial score (nSPS) is 16.6. The molecule has 1 aliphatic heterocycles. The maximum absolute atomic E-state index is 10.9. The lowest BCUT2D eigenvalue weighted by Crippen LogP contribution is -2.23. The fourth-order valence-electron chi connectivity index (χ4n) is 0.859. The lowest BCUT2D eigenvalue weighted by atomic mass is 10.3. The first-order valence-electron chi connectivity index (χ1n) is 3.37. The summed E-state index contributed by atoms with van der Waals surface area (Å²) < 4.78 is 0. The van der Waals surface area contributed by atoms with Gasteiger partial charge < -0.3 is 10.2 Å². The first-order valence-corrected chi connectivity index (χ1v) is 3.37. The number of hydrogen-bond donors (Lipinski definition) is 2. The molecule has 6 heteroatoms. The van der Waals surface area contributed by atoms with Crippen LogP contribution in [-0.2, 0) is 9.59 Å². The van der Waals surface area contributed by atoms with Crippen molar-refractivity contribution in [2.24, 2.45) is 5.10 Å². The third kappa shape index (κ3) is 1.59. The van der Waals surface area contributed by atoms with E-state index in [0.717, 1.165) is 5.01 Å². The second-order valence-electron chi connectivity index (χ2n) is 2.27. The Hall–Kier alpha value is -1.43. The third-order valence-electron chi connectivity index (χ3n) is 1.41. The molecule has 6 nitrogen and oxygen atoms in total. The van der Waals surface area contributed by atoms with Crippen molar-refractivity contribution in [3.05, 3.63) is 0 Å². The van der Waals surface area contributed by atoms with Gasteiger partial charge in [-0.05, 0) is 0 Å². The van der Waals surface area contributed by atoms with Gasteiger partial charge in [-0.15, -0.1) is 0 Å². The topological polar surface area (TPSA) is 90.2 Å². The number of aliphatic hydroxyl groups excluding tert-OH is 1. The molecule has 0 aromatic rings. The lowest BCUT2D eigenvalue weighted by molar-refractivity contribution is -0.131. The molecule has 2 N–H and O–H groups in total. The molecule has 0 aromatic carbocycles. The van der Waals surface area contributed by atoms with Crippen molar-refractivity contribution in [2.45, 2.75) is 6.42 Å². The monoisotopic (exact) mass is 172 g/mol. The first-order chi connectivity index (χ1) is 5.65. The predicted octanol–water partition coefficient (Wildman–Crippen LogP) is -1.35. The summed E-state index contributed by atoms with van der Waals surface area (Å²) in [7, 11) is 0. The van der Waals surface area contributed by atoms with E-state index in [1.807, 2.05) is 0 Å². The van der Waals surface area contributed by atoms with Crippen molar-refractivity contribution in [1.29, 1.82) is 0 Å². The second kappa shape index (κ2) is 3.31. The Morgan fingerprint density at radius 1 is 1.67 bits per heavy atom. The maximum atomic E-state index is 10.9. The van der Waals surface area contributed by atoms with E-state index in [1.165, 1.54) is 0 Å². The van der Waals surface area contributed by atoms with Crippen molar-refractivity contribution in [3.8, 4) is 0 Å². The number of hydrogen-bond acceptors (Lipinski definition) is 4. The van der Waals surface area contributed by atoms with Gasteiger partial charge in [-0.1, -0.05) is 0 Å². The van der Waals surface area contributed by atoms with Crippen molar-refractivity contribution in [2.75, 3.05) is 13.2 Å². The minimum atomic E-state index is -1.19. The van der Waals surface area contributed by atoms with Crippen molar-refractivity contribution in [1.82, 2.24) is 5.01 Å². The summed E-state index contributed by atoms with van der Waals surface area (Å²) in [5.41, 5.74) is -0.173. The molecule has 0 atom stereocenters. The molecule has 0 aliphatic carbocycles. The molecule has 66 valence electrons. The average molecular weight is 172 g/mol. The number of hydrazone groups is 1. The molecule has 0 saturated carbocycles. The van der Waals surface area contributed by atoms with Gasteiger partial charge in [-0.2, -0.15) is 5.10 Å². The van der Waals surface area contributed by atoms with Gasteiger partial charge in [0.25, 0.3) is 0 Å². The number of aliphatic hydroxyl groups is 1. The summed E-state index contributed by atoms with van der Waals surface area (Å²) in [6, 6.07) is 0. The van der Waals surface area contributed by atoms with Crippen LogP contribution >= 0.6 is 0 Å². The molecule has 0 aromatic heterocycles. The van der Waals surface area contributed by atoms with Gasteiger partial charge in [-0.3, -0.25) is 4.79 Å². The highest BCUT2D eigenvalue weighted by Crippen LogP contribution is 2.07. The maximum Gasteiger partial charge on any atom is 0.352 e. The van der Waals surface area contributed by atoms with Gasteiger partial charge in [0, 0.05) is 0 Å². The smallest absolute Gasteiger partial charge is 0.352 e. The summed E-state index contributed by atoms with van der Waals surface area (Å²) >= 11 is 0. The third-order valence-corrected chi connectivity index (χ3v) is 1.41. The number of carbonyl (C=O) groups excluding carboxylic acids is 1. The van der Waals surface area contributed by atoms with Crippen molar-refractivity contribution in [3.63, 3.8) is 0 Å². The molecular weight excluding hydrogens is 164 g/mol. The number of amides is 1. The van der Waals surface area contributed by atoms with Gasteiger partial charge in [0.2, 0.25) is 5.91 Å². The number of nitrogens with zero attached hydrogens (tertiary/aromatic N) is 2. The molecule has 12 heavy (non-hydrogen) atoms. The molecule has 1 heterocycles. The molecule has 0 fully saturated rings. The number of carboxylic acid groups (broad SMARTS) is 1. The Labute approximate surface area is 68.1 Å². The van der Waals surface area contributed by atoms with E-state index in [2.05, 4.69) is 5.10 Å². The Kier molecular flexibility index (Phi) is 2.39. The minimum Gasteiger partial charge on any atom is -0.477 e. The summed E-state index contributed by atoms with van der Waals surface area (Å²) in [4.78, 5) is 21.2. The van der Waals surface area contributed by atoms with Crippen LogP contribution in [-0.4, -0.2) is 46.0 Å².